The number of rotatable bonds is 7. The summed E-state index contributed by atoms with van der Waals surface area (Å²) in [5.74, 6) is -0.0790. The van der Waals surface area contributed by atoms with Crippen LogP contribution < -0.4 is 10.6 Å². The average molecular weight is 411 g/mol. The summed E-state index contributed by atoms with van der Waals surface area (Å²) in [4.78, 5) is 24.8. The predicted octanol–water partition coefficient (Wildman–Crippen LogP) is 5.98. The Bertz CT molecular complexity index is 856. The molecule has 160 valence electrons. The fourth-order valence-electron chi connectivity index (χ4n) is 2.60. The second kappa shape index (κ2) is 10.5. The summed E-state index contributed by atoms with van der Waals surface area (Å²) in [6.07, 6.45) is -0.117. The molecule has 7 heteroatoms. The zero-order valence-electron chi connectivity index (χ0n) is 18.2. The number of alkyl carbamates (subject to hydrolysis) is 1. The summed E-state index contributed by atoms with van der Waals surface area (Å²) in [7, 11) is 0. The number of benzene rings is 2. The summed E-state index contributed by atoms with van der Waals surface area (Å²) in [6, 6.07) is 15.8. The molecule has 0 heterocycles. The number of amides is 2. The average Bonchev–Trinajstić information content (AvgIpc) is 2.66. The van der Waals surface area contributed by atoms with Crippen LogP contribution in [-0.2, 0) is 9.53 Å². The first-order valence-corrected chi connectivity index (χ1v) is 9.99. The van der Waals surface area contributed by atoms with Crippen LogP contribution in [0.5, 0.6) is 0 Å². The van der Waals surface area contributed by atoms with E-state index in [9.17, 15) is 9.59 Å². The molecular weight excluding hydrogens is 380 g/mol. The number of hydrogen-bond acceptors (Lipinski definition) is 5. The van der Waals surface area contributed by atoms with E-state index in [0.717, 1.165) is 5.69 Å². The van der Waals surface area contributed by atoms with E-state index in [1.54, 1.807) is 45.0 Å². The molecule has 30 heavy (non-hydrogen) atoms. The van der Waals surface area contributed by atoms with Gasteiger partial charge in [0, 0.05) is 5.69 Å². The fourth-order valence-corrected chi connectivity index (χ4v) is 2.60. The van der Waals surface area contributed by atoms with Gasteiger partial charge in [0.25, 0.3) is 0 Å². The molecule has 0 aromatic heterocycles. The molecule has 0 unspecified atom stereocenters. The summed E-state index contributed by atoms with van der Waals surface area (Å²) >= 11 is 0. The third-order valence-electron chi connectivity index (χ3n) is 3.89. The zero-order valence-corrected chi connectivity index (χ0v) is 18.2. The third kappa shape index (κ3) is 8.43. The van der Waals surface area contributed by atoms with Crippen molar-refractivity contribution in [1.29, 1.82) is 0 Å². The van der Waals surface area contributed by atoms with Crippen LogP contribution in [0.25, 0.3) is 0 Å². The van der Waals surface area contributed by atoms with Crippen LogP contribution in [0.2, 0.25) is 0 Å². The molecule has 2 rings (SSSR count). The van der Waals surface area contributed by atoms with Crippen LogP contribution in [0.15, 0.2) is 64.8 Å². The molecular formula is C23H30N4O3. The first-order chi connectivity index (χ1) is 14.1. The highest BCUT2D eigenvalue weighted by atomic mass is 16.6. The molecule has 0 bridgehead atoms. The minimum Gasteiger partial charge on any atom is -0.444 e. The van der Waals surface area contributed by atoms with Gasteiger partial charge in [-0.1, -0.05) is 32.0 Å². The molecule has 0 spiro atoms. The Hall–Kier alpha value is -3.22. The van der Waals surface area contributed by atoms with E-state index in [2.05, 4.69) is 20.9 Å². The van der Waals surface area contributed by atoms with Gasteiger partial charge in [-0.2, -0.15) is 10.2 Å². The van der Waals surface area contributed by atoms with E-state index in [0.29, 0.717) is 17.8 Å². The zero-order chi connectivity index (χ0) is 22.1. The first kappa shape index (κ1) is 23.1. The van der Waals surface area contributed by atoms with Crippen LogP contribution in [0.1, 0.15) is 41.0 Å². The summed E-state index contributed by atoms with van der Waals surface area (Å²) in [5.41, 5.74) is 1.41. The van der Waals surface area contributed by atoms with Gasteiger partial charge in [-0.25, -0.2) is 4.79 Å². The lowest BCUT2D eigenvalue weighted by molar-refractivity contribution is -0.118. The number of carbonyl (C=O) groups is 2. The maximum atomic E-state index is 12.7. The van der Waals surface area contributed by atoms with Gasteiger partial charge in [0.15, 0.2) is 0 Å². The minimum absolute atomic E-state index is 0.219. The fraction of sp³-hybridized carbons (Fsp3) is 0.391. The van der Waals surface area contributed by atoms with E-state index >= 15 is 0 Å². The van der Waals surface area contributed by atoms with Gasteiger partial charge in [-0.3, -0.25) is 4.79 Å². The minimum atomic E-state index is -0.697. The lowest BCUT2D eigenvalue weighted by atomic mass is 10.0. The maximum absolute atomic E-state index is 12.7. The molecule has 2 aromatic rings. The number of azo groups is 1. The van der Waals surface area contributed by atoms with Crippen LogP contribution in [0, 0.1) is 5.92 Å². The summed E-state index contributed by atoms with van der Waals surface area (Å²) in [6.45, 7) is 9.32. The molecule has 0 saturated heterocycles. The quantitative estimate of drug-likeness (QED) is 0.550. The molecule has 1 atom stereocenters. The molecule has 0 radical (unpaired) electrons. The van der Waals surface area contributed by atoms with E-state index in [1.807, 2.05) is 44.2 Å². The second-order valence-electron chi connectivity index (χ2n) is 8.40. The van der Waals surface area contributed by atoms with Crippen molar-refractivity contribution in [3.63, 3.8) is 0 Å². The van der Waals surface area contributed by atoms with E-state index in [4.69, 9.17) is 4.74 Å². The van der Waals surface area contributed by atoms with Gasteiger partial charge < -0.3 is 15.4 Å². The van der Waals surface area contributed by atoms with Gasteiger partial charge in [-0.05, 0) is 69.5 Å². The number of hydrogen-bond donors (Lipinski definition) is 2. The lowest BCUT2D eigenvalue weighted by Gasteiger charge is -2.24. The van der Waals surface area contributed by atoms with E-state index < -0.39 is 17.7 Å². The normalized spacial score (nSPS) is 12.6. The van der Waals surface area contributed by atoms with Gasteiger partial charge in [-0.15, -0.1) is 0 Å². The van der Waals surface area contributed by atoms with Crippen molar-refractivity contribution in [1.82, 2.24) is 5.32 Å². The standard InChI is InChI=1S/C23H30N4O3/c1-16(2)15-20(25-22(29)30-23(3,4)5)21(28)24-17-11-13-19(14-12-17)27-26-18-9-7-6-8-10-18/h6-14,16,20H,15H2,1-5H3,(H,24,28)(H,25,29)/t20-/m0/s1. The first-order valence-electron chi connectivity index (χ1n) is 9.99. The predicted molar refractivity (Wildman–Crippen MR) is 118 cm³/mol. The number of anilines is 1. The largest absolute Gasteiger partial charge is 0.444 e. The molecule has 0 saturated carbocycles. The van der Waals surface area contributed by atoms with Crippen molar-refractivity contribution in [2.45, 2.75) is 52.7 Å². The van der Waals surface area contributed by atoms with Gasteiger partial charge in [0.05, 0.1) is 11.4 Å². The van der Waals surface area contributed by atoms with E-state index in [1.165, 1.54) is 0 Å². The SMILES string of the molecule is CC(C)C[C@H](NC(=O)OC(C)(C)C)C(=O)Nc1ccc(N=Nc2ccccc2)cc1. The molecule has 2 aromatic carbocycles. The second-order valence-corrected chi connectivity index (χ2v) is 8.40. The molecule has 2 amide bonds. The summed E-state index contributed by atoms with van der Waals surface area (Å²) in [5, 5.41) is 13.9. The molecule has 0 aliphatic heterocycles. The van der Waals surface area contributed by atoms with Gasteiger partial charge >= 0.3 is 6.09 Å². The smallest absolute Gasteiger partial charge is 0.408 e. The van der Waals surface area contributed by atoms with Gasteiger partial charge in [0.1, 0.15) is 11.6 Å². The Morgan fingerprint density at radius 1 is 0.933 bits per heavy atom. The van der Waals surface area contributed by atoms with Crippen molar-refractivity contribution in [3.8, 4) is 0 Å². The molecule has 0 aliphatic rings. The van der Waals surface area contributed by atoms with Crippen molar-refractivity contribution in [3.05, 3.63) is 54.6 Å². The lowest BCUT2D eigenvalue weighted by Crippen LogP contribution is -2.46. The number of ether oxygens (including phenoxy) is 1. The highest BCUT2D eigenvalue weighted by molar-refractivity contribution is 5.96. The van der Waals surface area contributed by atoms with E-state index in [-0.39, 0.29) is 11.8 Å². The van der Waals surface area contributed by atoms with Crippen molar-refractivity contribution < 1.29 is 14.3 Å². The van der Waals surface area contributed by atoms with Crippen LogP contribution in [-0.4, -0.2) is 23.6 Å². The molecule has 0 fully saturated rings. The van der Waals surface area contributed by atoms with Crippen molar-refractivity contribution in [2.24, 2.45) is 16.1 Å². The Kier molecular flexibility index (Phi) is 8.09. The number of carbonyl (C=O) groups excluding carboxylic acids is 2. The number of nitrogens with one attached hydrogen (secondary N) is 2. The summed E-state index contributed by atoms with van der Waals surface area (Å²) < 4.78 is 5.28. The van der Waals surface area contributed by atoms with Crippen molar-refractivity contribution >= 4 is 29.1 Å². The van der Waals surface area contributed by atoms with Crippen molar-refractivity contribution in [2.75, 3.05) is 5.32 Å². The molecule has 7 nitrogen and oxygen atoms in total. The maximum Gasteiger partial charge on any atom is 0.408 e. The Morgan fingerprint density at radius 3 is 2.03 bits per heavy atom. The van der Waals surface area contributed by atoms with Crippen LogP contribution >= 0.6 is 0 Å². The Labute approximate surface area is 177 Å². The highest BCUT2D eigenvalue weighted by Crippen LogP contribution is 2.20. The Morgan fingerprint density at radius 2 is 1.50 bits per heavy atom. The topological polar surface area (TPSA) is 92.1 Å². The number of nitrogens with zero attached hydrogens (tertiary/aromatic N) is 2. The molecule has 0 aliphatic carbocycles. The van der Waals surface area contributed by atoms with Crippen LogP contribution in [0.3, 0.4) is 0 Å². The van der Waals surface area contributed by atoms with Gasteiger partial charge in [0.2, 0.25) is 5.91 Å². The molecule has 2 N–H and O–H groups in total. The highest BCUT2D eigenvalue weighted by Gasteiger charge is 2.25. The van der Waals surface area contributed by atoms with Crippen LogP contribution in [0.4, 0.5) is 21.9 Å². The Balaban J connectivity index is 2.00. The third-order valence-corrected chi connectivity index (χ3v) is 3.89. The monoisotopic (exact) mass is 410 g/mol.